The summed E-state index contributed by atoms with van der Waals surface area (Å²) in [5.41, 5.74) is 5.99. The number of benzene rings is 2. The van der Waals surface area contributed by atoms with Gasteiger partial charge in [0, 0.05) is 17.8 Å². The van der Waals surface area contributed by atoms with Gasteiger partial charge in [-0.15, -0.1) is 0 Å². The monoisotopic (exact) mass is 307 g/mol. The van der Waals surface area contributed by atoms with Crippen LogP contribution in [0.3, 0.4) is 0 Å². The Bertz CT molecular complexity index is 704. The zero-order valence-corrected chi connectivity index (χ0v) is 13.0. The van der Waals surface area contributed by atoms with E-state index in [9.17, 15) is 10.2 Å². The Labute approximate surface area is 136 Å². The molecule has 3 heteroatoms. The molecule has 2 aliphatic rings. The largest absolute Gasteiger partial charge is 0.388 e. The fourth-order valence-electron chi connectivity index (χ4n) is 3.74. The number of allylic oxidation sites excluding steroid dienone is 1. The molecule has 1 heterocycles. The van der Waals surface area contributed by atoms with Crippen molar-refractivity contribution in [2.45, 2.75) is 31.5 Å². The van der Waals surface area contributed by atoms with E-state index in [0.29, 0.717) is 0 Å². The van der Waals surface area contributed by atoms with E-state index in [1.807, 2.05) is 48.5 Å². The molecule has 0 saturated carbocycles. The molecule has 1 fully saturated rings. The molecule has 1 saturated heterocycles. The predicted molar refractivity (Wildman–Crippen MR) is 90.7 cm³/mol. The van der Waals surface area contributed by atoms with Gasteiger partial charge in [0.05, 0.1) is 0 Å². The van der Waals surface area contributed by atoms with Gasteiger partial charge in [-0.2, -0.15) is 0 Å². The standard InChI is InChI=1S/C20H21NO2/c22-19-15-9-3-1-7-13(15)18(17-11-5-6-12-21-17)14-8-2-4-10-16(14)20(19)23/h1-4,7-10,19-23H,5-6,11-12H2. The molecule has 23 heavy (non-hydrogen) atoms. The minimum Gasteiger partial charge on any atom is -0.388 e. The molecule has 2 aromatic carbocycles. The van der Waals surface area contributed by atoms with Crippen LogP contribution in [0.5, 0.6) is 0 Å². The summed E-state index contributed by atoms with van der Waals surface area (Å²) in [5.74, 6) is 0. The van der Waals surface area contributed by atoms with Crippen LogP contribution < -0.4 is 5.32 Å². The highest BCUT2D eigenvalue weighted by molar-refractivity contribution is 5.86. The Morgan fingerprint density at radius 2 is 1.35 bits per heavy atom. The third-order valence-electron chi connectivity index (χ3n) is 4.89. The van der Waals surface area contributed by atoms with E-state index in [4.69, 9.17) is 0 Å². The van der Waals surface area contributed by atoms with Gasteiger partial charge in [-0.1, -0.05) is 48.5 Å². The maximum atomic E-state index is 10.7. The Balaban J connectivity index is 2.04. The van der Waals surface area contributed by atoms with E-state index in [1.54, 1.807) is 0 Å². The van der Waals surface area contributed by atoms with Gasteiger partial charge in [-0.05, 0) is 41.5 Å². The highest BCUT2D eigenvalue weighted by Gasteiger charge is 2.31. The van der Waals surface area contributed by atoms with Crippen molar-refractivity contribution in [3.8, 4) is 0 Å². The lowest BCUT2D eigenvalue weighted by molar-refractivity contribution is 0.0176. The van der Waals surface area contributed by atoms with Crippen LogP contribution in [0.25, 0.3) is 5.57 Å². The van der Waals surface area contributed by atoms with E-state index in [0.717, 1.165) is 40.8 Å². The lowest BCUT2D eigenvalue weighted by Gasteiger charge is -2.23. The minimum atomic E-state index is -0.908. The van der Waals surface area contributed by atoms with Gasteiger partial charge in [0.1, 0.15) is 12.2 Å². The SMILES string of the molecule is OC1c2ccccc2C(=C2CCCCN2)c2ccccc2C1O. The Kier molecular flexibility index (Phi) is 3.68. The van der Waals surface area contributed by atoms with Crippen LogP contribution in [0.15, 0.2) is 54.2 Å². The second-order valence-corrected chi connectivity index (χ2v) is 6.30. The Morgan fingerprint density at radius 3 is 1.87 bits per heavy atom. The first-order valence-electron chi connectivity index (χ1n) is 8.29. The number of nitrogens with one attached hydrogen (secondary N) is 1. The van der Waals surface area contributed by atoms with Gasteiger partial charge in [-0.3, -0.25) is 0 Å². The van der Waals surface area contributed by atoms with Crippen molar-refractivity contribution in [1.29, 1.82) is 0 Å². The van der Waals surface area contributed by atoms with E-state index < -0.39 is 12.2 Å². The van der Waals surface area contributed by atoms with Crippen molar-refractivity contribution in [3.63, 3.8) is 0 Å². The number of fused-ring (bicyclic) bond motifs is 2. The first kappa shape index (κ1) is 14.5. The highest BCUT2D eigenvalue weighted by Crippen LogP contribution is 2.44. The molecule has 3 N–H and O–H groups in total. The summed E-state index contributed by atoms with van der Waals surface area (Å²) in [6.45, 7) is 0.980. The first-order chi connectivity index (χ1) is 11.3. The van der Waals surface area contributed by atoms with E-state index in [-0.39, 0.29) is 0 Å². The van der Waals surface area contributed by atoms with Crippen LogP contribution in [-0.2, 0) is 0 Å². The normalized spacial score (nSPS) is 23.6. The van der Waals surface area contributed by atoms with Crippen molar-refractivity contribution < 1.29 is 10.2 Å². The molecule has 2 unspecified atom stereocenters. The molecule has 4 rings (SSSR count). The van der Waals surface area contributed by atoms with Gasteiger partial charge in [0.25, 0.3) is 0 Å². The molecule has 0 amide bonds. The van der Waals surface area contributed by atoms with Crippen molar-refractivity contribution in [2.24, 2.45) is 0 Å². The van der Waals surface area contributed by atoms with Crippen molar-refractivity contribution >= 4 is 5.57 Å². The topological polar surface area (TPSA) is 52.5 Å². The lowest BCUT2D eigenvalue weighted by Crippen LogP contribution is -2.21. The quantitative estimate of drug-likeness (QED) is 0.700. The Hall–Kier alpha value is -2.10. The summed E-state index contributed by atoms with van der Waals surface area (Å²) in [7, 11) is 0. The number of piperidine rings is 1. The zero-order valence-electron chi connectivity index (χ0n) is 13.0. The van der Waals surface area contributed by atoms with E-state index >= 15 is 0 Å². The molecule has 1 aliphatic carbocycles. The molecule has 0 radical (unpaired) electrons. The Morgan fingerprint density at radius 1 is 0.783 bits per heavy atom. The van der Waals surface area contributed by atoms with Gasteiger partial charge in [-0.25, -0.2) is 0 Å². The van der Waals surface area contributed by atoms with Crippen molar-refractivity contribution in [2.75, 3.05) is 6.54 Å². The summed E-state index contributed by atoms with van der Waals surface area (Å²) in [4.78, 5) is 0. The maximum Gasteiger partial charge on any atom is 0.110 e. The van der Waals surface area contributed by atoms with Crippen LogP contribution in [0.1, 0.15) is 53.7 Å². The van der Waals surface area contributed by atoms with Gasteiger partial charge < -0.3 is 15.5 Å². The second kappa shape index (κ2) is 5.84. The first-order valence-corrected chi connectivity index (χ1v) is 8.29. The number of aliphatic hydroxyl groups is 2. The molecular formula is C20H21NO2. The third-order valence-corrected chi connectivity index (χ3v) is 4.89. The lowest BCUT2D eigenvalue weighted by atomic mass is 9.90. The van der Waals surface area contributed by atoms with E-state index in [1.165, 1.54) is 18.5 Å². The summed E-state index contributed by atoms with van der Waals surface area (Å²) < 4.78 is 0. The van der Waals surface area contributed by atoms with E-state index in [2.05, 4.69) is 5.32 Å². The smallest absolute Gasteiger partial charge is 0.110 e. The number of hydrogen-bond donors (Lipinski definition) is 3. The number of aliphatic hydroxyl groups excluding tert-OH is 2. The second-order valence-electron chi connectivity index (χ2n) is 6.30. The average Bonchev–Trinajstić information content (AvgIpc) is 2.71. The molecule has 3 nitrogen and oxygen atoms in total. The molecule has 0 bridgehead atoms. The molecule has 2 aromatic rings. The van der Waals surface area contributed by atoms with Crippen LogP contribution in [-0.4, -0.2) is 16.8 Å². The highest BCUT2D eigenvalue weighted by atomic mass is 16.3. The summed E-state index contributed by atoms with van der Waals surface area (Å²) in [6.07, 6.45) is 1.54. The fourth-order valence-corrected chi connectivity index (χ4v) is 3.74. The van der Waals surface area contributed by atoms with Crippen molar-refractivity contribution in [1.82, 2.24) is 5.32 Å². The average molecular weight is 307 g/mol. The van der Waals surface area contributed by atoms with Crippen LogP contribution >= 0.6 is 0 Å². The molecular weight excluding hydrogens is 286 g/mol. The minimum absolute atomic E-state index is 0.797. The van der Waals surface area contributed by atoms with Gasteiger partial charge >= 0.3 is 0 Å². The maximum absolute atomic E-state index is 10.7. The predicted octanol–water partition coefficient (Wildman–Crippen LogP) is 3.30. The van der Waals surface area contributed by atoms with Crippen LogP contribution in [0.4, 0.5) is 0 Å². The fraction of sp³-hybridized carbons (Fsp3) is 0.300. The third kappa shape index (κ3) is 2.37. The summed E-state index contributed by atoms with van der Waals surface area (Å²) >= 11 is 0. The number of rotatable bonds is 0. The molecule has 1 aliphatic heterocycles. The molecule has 118 valence electrons. The molecule has 0 aromatic heterocycles. The zero-order chi connectivity index (χ0) is 15.8. The summed E-state index contributed by atoms with van der Waals surface area (Å²) in [5, 5.41) is 24.9. The number of hydrogen-bond acceptors (Lipinski definition) is 3. The summed E-state index contributed by atoms with van der Waals surface area (Å²) in [6, 6.07) is 15.8. The molecule has 0 spiro atoms. The van der Waals surface area contributed by atoms with Gasteiger partial charge in [0.2, 0.25) is 0 Å². The molecule has 2 atom stereocenters. The van der Waals surface area contributed by atoms with Gasteiger partial charge in [0.15, 0.2) is 0 Å². The van der Waals surface area contributed by atoms with Crippen LogP contribution in [0, 0.1) is 0 Å². The van der Waals surface area contributed by atoms with Crippen molar-refractivity contribution in [3.05, 3.63) is 76.5 Å². The van der Waals surface area contributed by atoms with Crippen LogP contribution in [0.2, 0.25) is 0 Å².